The number of aromatic nitrogens is 3. The van der Waals surface area contributed by atoms with Crippen molar-refractivity contribution in [2.45, 2.75) is 32.9 Å². The number of hydrogen-bond acceptors (Lipinski definition) is 5. The fourth-order valence-electron chi connectivity index (χ4n) is 3.69. The van der Waals surface area contributed by atoms with Crippen LogP contribution in [0.5, 0.6) is 0 Å². The van der Waals surface area contributed by atoms with Gasteiger partial charge in [0.25, 0.3) is 0 Å². The van der Waals surface area contributed by atoms with Crippen LogP contribution in [0.25, 0.3) is 16.6 Å². The Kier molecular flexibility index (Phi) is 5.65. The van der Waals surface area contributed by atoms with E-state index in [0.717, 1.165) is 27.7 Å². The second kappa shape index (κ2) is 8.39. The molecule has 0 spiro atoms. The van der Waals surface area contributed by atoms with Gasteiger partial charge in [-0.1, -0.05) is 23.4 Å². The van der Waals surface area contributed by atoms with E-state index in [9.17, 15) is 9.59 Å². The van der Waals surface area contributed by atoms with E-state index in [1.54, 1.807) is 24.3 Å². The number of nitrogens with one attached hydrogen (secondary N) is 2. The lowest BCUT2D eigenvalue weighted by molar-refractivity contribution is -0.114. The summed E-state index contributed by atoms with van der Waals surface area (Å²) in [5, 5.41) is 16.1. The Balaban J connectivity index is 1.54. The van der Waals surface area contributed by atoms with Crippen LogP contribution in [-0.2, 0) is 9.59 Å². The average molecular weight is 434 g/mol. The largest absolute Gasteiger partial charge is 0.326 e. The number of amides is 2. The van der Waals surface area contributed by atoms with Crippen molar-refractivity contribution in [3.05, 3.63) is 59.2 Å². The van der Waals surface area contributed by atoms with Crippen LogP contribution in [0, 0.1) is 20.8 Å². The summed E-state index contributed by atoms with van der Waals surface area (Å²) in [5.41, 5.74) is 6.60. The molecule has 0 aliphatic heterocycles. The third-order valence-electron chi connectivity index (χ3n) is 4.88. The van der Waals surface area contributed by atoms with E-state index in [1.165, 1.54) is 24.2 Å². The van der Waals surface area contributed by atoms with E-state index in [4.69, 9.17) is 0 Å². The molecule has 31 heavy (non-hydrogen) atoms. The van der Waals surface area contributed by atoms with Gasteiger partial charge in [0, 0.05) is 18.3 Å². The maximum atomic E-state index is 12.5. The number of carbonyl (C=O) groups is 2. The van der Waals surface area contributed by atoms with Crippen molar-refractivity contribution in [2.24, 2.45) is 0 Å². The Hall–Kier alpha value is -3.39. The Labute approximate surface area is 184 Å². The molecule has 8 heteroatoms. The summed E-state index contributed by atoms with van der Waals surface area (Å²) in [6, 6.07) is 13.4. The number of rotatable bonds is 5. The zero-order valence-corrected chi connectivity index (χ0v) is 18.6. The van der Waals surface area contributed by atoms with Gasteiger partial charge in [0.15, 0.2) is 10.8 Å². The predicted molar refractivity (Wildman–Crippen MR) is 125 cm³/mol. The monoisotopic (exact) mass is 433 g/mol. The maximum absolute atomic E-state index is 12.5. The number of aryl methyl sites for hydroxylation is 3. The van der Waals surface area contributed by atoms with Crippen molar-refractivity contribution in [1.29, 1.82) is 0 Å². The molecule has 0 fully saturated rings. The highest BCUT2D eigenvalue weighted by Crippen LogP contribution is 2.28. The summed E-state index contributed by atoms with van der Waals surface area (Å²) in [7, 11) is 0. The van der Waals surface area contributed by atoms with Gasteiger partial charge in [-0.25, -0.2) is 0 Å². The summed E-state index contributed by atoms with van der Waals surface area (Å²) >= 11 is 1.35. The summed E-state index contributed by atoms with van der Waals surface area (Å²) in [6.45, 7) is 7.64. The molecule has 2 aromatic heterocycles. The van der Waals surface area contributed by atoms with E-state index in [0.29, 0.717) is 16.5 Å². The summed E-state index contributed by atoms with van der Waals surface area (Å²) in [6.07, 6.45) is 0. The summed E-state index contributed by atoms with van der Waals surface area (Å²) < 4.78 is 2.04. The van der Waals surface area contributed by atoms with Crippen molar-refractivity contribution in [1.82, 2.24) is 14.6 Å². The van der Waals surface area contributed by atoms with Crippen molar-refractivity contribution in [3.8, 4) is 0 Å². The predicted octanol–water partition coefficient (Wildman–Crippen LogP) is 4.50. The molecule has 158 valence electrons. The molecule has 0 aliphatic carbocycles. The quantitative estimate of drug-likeness (QED) is 0.453. The van der Waals surface area contributed by atoms with Gasteiger partial charge in [0.2, 0.25) is 11.8 Å². The normalized spacial score (nSPS) is 11.1. The zero-order valence-electron chi connectivity index (χ0n) is 17.8. The van der Waals surface area contributed by atoms with Crippen LogP contribution in [0.4, 0.5) is 11.4 Å². The first-order valence-corrected chi connectivity index (χ1v) is 10.9. The lowest BCUT2D eigenvalue weighted by Gasteiger charge is -2.11. The molecule has 0 saturated carbocycles. The smallest absolute Gasteiger partial charge is 0.234 e. The number of nitrogens with zero attached hydrogens (tertiary/aromatic N) is 3. The molecule has 0 atom stereocenters. The van der Waals surface area contributed by atoms with Crippen LogP contribution in [0.2, 0.25) is 0 Å². The van der Waals surface area contributed by atoms with E-state index < -0.39 is 0 Å². The average Bonchev–Trinajstić information content (AvgIpc) is 3.11. The van der Waals surface area contributed by atoms with Crippen LogP contribution < -0.4 is 10.6 Å². The molecule has 2 N–H and O–H groups in total. The number of pyridine rings is 1. The molecule has 0 bridgehead atoms. The van der Waals surface area contributed by atoms with Crippen LogP contribution >= 0.6 is 11.8 Å². The van der Waals surface area contributed by atoms with Crippen molar-refractivity contribution >= 4 is 51.5 Å². The van der Waals surface area contributed by atoms with E-state index >= 15 is 0 Å². The zero-order chi connectivity index (χ0) is 22.1. The Bertz CT molecular complexity index is 1310. The van der Waals surface area contributed by atoms with Gasteiger partial charge < -0.3 is 10.6 Å². The molecule has 4 rings (SSSR count). The second-order valence-corrected chi connectivity index (χ2v) is 8.53. The Morgan fingerprint density at radius 3 is 2.29 bits per heavy atom. The number of anilines is 2. The highest BCUT2D eigenvalue weighted by Gasteiger charge is 2.15. The van der Waals surface area contributed by atoms with Gasteiger partial charge in [-0.2, -0.15) is 0 Å². The maximum Gasteiger partial charge on any atom is 0.234 e. The molecule has 0 unspecified atom stereocenters. The van der Waals surface area contributed by atoms with Gasteiger partial charge in [-0.15, -0.1) is 10.2 Å². The molecule has 2 aromatic carbocycles. The number of benzene rings is 2. The minimum absolute atomic E-state index is 0.137. The molecular formula is C23H23N5O2S. The molecule has 4 aromatic rings. The first-order chi connectivity index (χ1) is 14.8. The molecule has 2 amide bonds. The van der Waals surface area contributed by atoms with E-state index in [2.05, 4.69) is 52.9 Å². The topological polar surface area (TPSA) is 88.4 Å². The summed E-state index contributed by atoms with van der Waals surface area (Å²) in [4.78, 5) is 23.6. The fourth-order valence-corrected chi connectivity index (χ4v) is 4.43. The molecule has 0 saturated heterocycles. The number of fused-ring (bicyclic) bond motifs is 3. The van der Waals surface area contributed by atoms with Crippen LogP contribution in [-0.4, -0.2) is 32.2 Å². The van der Waals surface area contributed by atoms with E-state index in [-0.39, 0.29) is 17.6 Å². The summed E-state index contributed by atoms with van der Waals surface area (Å²) in [5.74, 6) is -0.0744. The van der Waals surface area contributed by atoms with Crippen LogP contribution in [0.3, 0.4) is 0 Å². The van der Waals surface area contributed by atoms with Crippen LogP contribution in [0.15, 0.2) is 47.6 Å². The fraction of sp³-hybridized carbons (Fsp3) is 0.217. The Morgan fingerprint density at radius 2 is 1.61 bits per heavy atom. The van der Waals surface area contributed by atoms with Gasteiger partial charge in [-0.05, 0) is 73.7 Å². The minimum Gasteiger partial charge on any atom is -0.326 e. The van der Waals surface area contributed by atoms with Gasteiger partial charge in [0.05, 0.1) is 11.3 Å². The van der Waals surface area contributed by atoms with Gasteiger partial charge in [-0.3, -0.25) is 14.0 Å². The number of thioether (sulfide) groups is 1. The first-order valence-electron chi connectivity index (χ1n) is 9.88. The third-order valence-corrected chi connectivity index (χ3v) is 5.81. The molecule has 2 heterocycles. The highest BCUT2D eigenvalue weighted by molar-refractivity contribution is 7.99. The SMILES string of the molecule is CC(=O)Nc1ccc(NC(=O)CSc2nnc3c(C)cc4cc(C)cc(C)c4n23)cc1. The molecular weight excluding hydrogens is 410 g/mol. The lowest BCUT2D eigenvalue weighted by atomic mass is 10.1. The van der Waals surface area contributed by atoms with Gasteiger partial charge >= 0.3 is 0 Å². The minimum atomic E-state index is -0.140. The number of hydrogen-bond donors (Lipinski definition) is 2. The second-order valence-electron chi connectivity index (χ2n) is 7.58. The highest BCUT2D eigenvalue weighted by atomic mass is 32.2. The molecule has 0 radical (unpaired) electrons. The Morgan fingerprint density at radius 1 is 0.935 bits per heavy atom. The van der Waals surface area contributed by atoms with Crippen molar-refractivity contribution in [3.63, 3.8) is 0 Å². The number of carbonyl (C=O) groups excluding carboxylic acids is 2. The van der Waals surface area contributed by atoms with Gasteiger partial charge in [0.1, 0.15) is 0 Å². The standard InChI is InChI=1S/C23H23N5O2S/c1-13-9-14(2)21-17(10-13)11-15(3)22-26-27-23(28(21)22)31-12-20(30)25-19-7-5-18(6-8-19)24-16(4)29/h5-11H,12H2,1-4H3,(H,24,29)(H,25,30). The van der Waals surface area contributed by atoms with Crippen molar-refractivity contribution in [2.75, 3.05) is 16.4 Å². The lowest BCUT2D eigenvalue weighted by Crippen LogP contribution is -2.14. The van der Waals surface area contributed by atoms with E-state index in [1.807, 2.05) is 11.3 Å². The first kappa shape index (κ1) is 20.9. The third kappa shape index (κ3) is 4.39. The van der Waals surface area contributed by atoms with Crippen molar-refractivity contribution < 1.29 is 9.59 Å². The molecule has 7 nitrogen and oxygen atoms in total. The molecule has 0 aliphatic rings. The van der Waals surface area contributed by atoms with Crippen LogP contribution in [0.1, 0.15) is 23.6 Å².